The minimum Gasteiger partial charge on any atom is -0.412 e. The molecule has 3 nitrogen and oxygen atoms in total. The zero-order chi connectivity index (χ0) is 10.7. The molecule has 0 fully saturated rings. The maximum atomic E-state index is 11.7. The van der Waals surface area contributed by atoms with E-state index in [2.05, 4.69) is 6.07 Å². The Kier molecular flexibility index (Phi) is 2.99. The van der Waals surface area contributed by atoms with E-state index in [0.717, 1.165) is 25.0 Å². The van der Waals surface area contributed by atoms with E-state index >= 15 is 0 Å². The lowest BCUT2D eigenvalue weighted by molar-refractivity contribution is -0.595. The van der Waals surface area contributed by atoms with Gasteiger partial charge in [0.25, 0.3) is 0 Å². The van der Waals surface area contributed by atoms with Crippen LogP contribution in [0.2, 0.25) is 0 Å². The van der Waals surface area contributed by atoms with Crippen LogP contribution in [-0.4, -0.2) is 12.7 Å². The van der Waals surface area contributed by atoms with E-state index in [1.54, 1.807) is 10.8 Å². The van der Waals surface area contributed by atoms with Crippen LogP contribution in [0.4, 0.5) is 4.79 Å². The normalized spacial score (nSPS) is 14.5. The van der Waals surface area contributed by atoms with Crippen molar-refractivity contribution in [2.45, 2.75) is 32.6 Å². The molecule has 0 unspecified atom stereocenters. The second-order valence-electron chi connectivity index (χ2n) is 3.76. The number of carbonyl (C=O) groups is 1. The van der Waals surface area contributed by atoms with Crippen molar-refractivity contribution in [2.75, 3.05) is 6.61 Å². The number of aromatic nitrogens is 1. The number of pyridine rings is 1. The van der Waals surface area contributed by atoms with Gasteiger partial charge in [-0.2, -0.15) is 4.79 Å². The van der Waals surface area contributed by atoms with E-state index in [0.29, 0.717) is 6.61 Å². The molecule has 0 saturated heterocycles. The molecule has 0 bridgehead atoms. The Hall–Kier alpha value is -1.38. The summed E-state index contributed by atoms with van der Waals surface area (Å²) in [5.74, 6) is 0. The number of nitrogens with zero attached hydrogens (tertiary/aromatic N) is 1. The second-order valence-corrected chi connectivity index (χ2v) is 3.76. The van der Waals surface area contributed by atoms with Gasteiger partial charge in [-0.1, -0.05) is 4.57 Å². The van der Waals surface area contributed by atoms with Crippen LogP contribution in [0.15, 0.2) is 18.3 Å². The highest BCUT2D eigenvalue weighted by atomic mass is 16.5. The summed E-state index contributed by atoms with van der Waals surface area (Å²) in [6.07, 6.45) is 5.99. The van der Waals surface area contributed by atoms with E-state index in [-0.39, 0.29) is 6.09 Å². The van der Waals surface area contributed by atoms with E-state index < -0.39 is 0 Å². The molecular weight excluding hydrogens is 190 g/mol. The van der Waals surface area contributed by atoms with Crippen molar-refractivity contribution in [3.63, 3.8) is 0 Å². The number of rotatable bonds is 1. The maximum Gasteiger partial charge on any atom is 0.602 e. The molecule has 1 aromatic heterocycles. The van der Waals surface area contributed by atoms with Gasteiger partial charge >= 0.3 is 6.09 Å². The zero-order valence-electron chi connectivity index (χ0n) is 9.03. The van der Waals surface area contributed by atoms with Gasteiger partial charge in [-0.25, -0.2) is 0 Å². The summed E-state index contributed by atoms with van der Waals surface area (Å²) in [4.78, 5) is 11.7. The lowest BCUT2D eigenvalue weighted by Crippen LogP contribution is -2.48. The third kappa shape index (κ3) is 2.01. The molecule has 80 valence electrons. The molecule has 0 atom stereocenters. The number of aryl methyl sites for hydroxylation is 1. The first-order valence-corrected chi connectivity index (χ1v) is 5.52. The number of ether oxygens (including phenoxy) is 1. The van der Waals surface area contributed by atoms with Gasteiger partial charge in [0.1, 0.15) is 0 Å². The molecular formula is C12H16NO2+. The zero-order valence-corrected chi connectivity index (χ0v) is 9.03. The molecule has 1 aliphatic rings. The number of fused-ring (bicyclic) bond motifs is 1. The lowest BCUT2D eigenvalue weighted by Gasteiger charge is -2.12. The van der Waals surface area contributed by atoms with Crippen LogP contribution in [0.1, 0.15) is 31.0 Å². The van der Waals surface area contributed by atoms with Crippen LogP contribution in [0, 0.1) is 0 Å². The molecule has 1 aliphatic carbocycles. The van der Waals surface area contributed by atoms with Crippen molar-refractivity contribution in [1.29, 1.82) is 0 Å². The van der Waals surface area contributed by atoms with Crippen molar-refractivity contribution in [3.8, 4) is 0 Å². The summed E-state index contributed by atoms with van der Waals surface area (Å²) < 4.78 is 6.67. The number of hydrogen-bond donors (Lipinski definition) is 0. The van der Waals surface area contributed by atoms with Gasteiger partial charge in [0.2, 0.25) is 0 Å². The van der Waals surface area contributed by atoms with Crippen molar-refractivity contribution < 1.29 is 14.1 Å². The monoisotopic (exact) mass is 206 g/mol. The SMILES string of the molecule is CCOC(=O)[n+]1cccc2c1CCCC2. The highest BCUT2D eigenvalue weighted by molar-refractivity contribution is 5.57. The van der Waals surface area contributed by atoms with Gasteiger partial charge in [0.15, 0.2) is 11.9 Å². The average Bonchev–Trinajstić information content (AvgIpc) is 2.28. The number of hydrogen-bond acceptors (Lipinski definition) is 2. The molecule has 0 saturated carbocycles. The molecule has 0 N–H and O–H groups in total. The highest BCUT2D eigenvalue weighted by Gasteiger charge is 2.25. The summed E-state index contributed by atoms with van der Waals surface area (Å²) in [7, 11) is 0. The molecule has 0 amide bonds. The molecule has 1 aromatic rings. The fraction of sp³-hybridized carbons (Fsp3) is 0.500. The fourth-order valence-corrected chi connectivity index (χ4v) is 2.07. The van der Waals surface area contributed by atoms with E-state index in [4.69, 9.17) is 4.74 Å². The smallest absolute Gasteiger partial charge is 0.412 e. The Bertz CT molecular complexity index is 374. The van der Waals surface area contributed by atoms with Crippen LogP contribution >= 0.6 is 0 Å². The second kappa shape index (κ2) is 4.43. The molecule has 1 heterocycles. The Morgan fingerprint density at radius 2 is 2.27 bits per heavy atom. The predicted octanol–water partition coefficient (Wildman–Crippen LogP) is 1.86. The molecule has 2 rings (SSSR count). The summed E-state index contributed by atoms with van der Waals surface area (Å²) in [5.41, 5.74) is 2.42. The Balaban J connectivity index is 2.34. The minimum atomic E-state index is -0.253. The first-order chi connectivity index (χ1) is 7.33. The van der Waals surface area contributed by atoms with Crippen LogP contribution in [0.5, 0.6) is 0 Å². The molecule has 0 radical (unpaired) electrons. The van der Waals surface area contributed by atoms with Crippen LogP contribution in [0.25, 0.3) is 0 Å². The molecule has 0 aromatic carbocycles. The van der Waals surface area contributed by atoms with Gasteiger partial charge in [-0.15, -0.1) is 0 Å². The molecule has 0 aliphatic heterocycles. The Labute approximate surface area is 89.7 Å². The van der Waals surface area contributed by atoms with Gasteiger partial charge in [0.05, 0.1) is 6.61 Å². The quantitative estimate of drug-likeness (QED) is 0.656. The predicted molar refractivity (Wildman–Crippen MR) is 55.7 cm³/mol. The third-order valence-corrected chi connectivity index (χ3v) is 2.77. The Morgan fingerprint density at radius 3 is 3.07 bits per heavy atom. The van der Waals surface area contributed by atoms with E-state index in [1.807, 2.05) is 13.0 Å². The summed E-state index contributed by atoms with van der Waals surface area (Å²) >= 11 is 0. The van der Waals surface area contributed by atoms with Crippen LogP contribution in [0.3, 0.4) is 0 Å². The standard InChI is InChI=1S/C12H16NO2/c1-2-15-12(14)13-9-5-7-10-6-3-4-8-11(10)13/h5,7,9H,2-4,6,8H2,1H3/q+1. The molecule has 3 heteroatoms. The Morgan fingerprint density at radius 1 is 1.47 bits per heavy atom. The van der Waals surface area contributed by atoms with Crippen LogP contribution in [-0.2, 0) is 17.6 Å². The lowest BCUT2D eigenvalue weighted by atomic mass is 9.96. The average molecular weight is 206 g/mol. The van der Waals surface area contributed by atoms with Gasteiger partial charge in [-0.3, -0.25) is 0 Å². The van der Waals surface area contributed by atoms with Crippen molar-refractivity contribution >= 4 is 6.09 Å². The van der Waals surface area contributed by atoms with E-state index in [9.17, 15) is 4.79 Å². The first kappa shape index (κ1) is 10.1. The summed E-state index contributed by atoms with van der Waals surface area (Å²) in [6.45, 7) is 2.25. The van der Waals surface area contributed by atoms with Crippen molar-refractivity contribution in [1.82, 2.24) is 0 Å². The first-order valence-electron chi connectivity index (χ1n) is 5.52. The third-order valence-electron chi connectivity index (χ3n) is 2.77. The van der Waals surface area contributed by atoms with Gasteiger partial charge in [-0.05, 0) is 32.3 Å². The van der Waals surface area contributed by atoms with Crippen molar-refractivity contribution in [3.05, 3.63) is 29.6 Å². The molecule has 15 heavy (non-hydrogen) atoms. The maximum absolute atomic E-state index is 11.7. The summed E-state index contributed by atoms with van der Waals surface area (Å²) in [6, 6.07) is 4.02. The van der Waals surface area contributed by atoms with E-state index in [1.165, 1.54) is 12.0 Å². The van der Waals surface area contributed by atoms with Gasteiger partial charge < -0.3 is 4.74 Å². The topological polar surface area (TPSA) is 30.2 Å². The number of carbonyl (C=O) groups excluding carboxylic acids is 1. The fourth-order valence-electron chi connectivity index (χ4n) is 2.07. The summed E-state index contributed by atoms with van der Waals surface area (Å²) in [5, 5.41) is 0. The van der Waals surface area contributed by atoms with Crippen molar-refractivity contribution in [2.24, 2.45) is 0 Å². The molecule has 0 spiro atoms. The minimum absolute atomic E-state index is 0.253. The highest BCUT2D eigenvalue weighted by Crippen LogP contribution is 2.17. The largest absolute Gasteiger partial charge is 0.602 e. The van der Waals surface area contributed by atoms with Gasteiger partial charge in [0, 0.05) is 18.1 Å². The van der Waals surface area contributed by atoms with Crippen LogP contribution < -0.4 is 4.57 Å².